The molecule has 1 aromatic heterocycles. The maximum Gasteiger partial charge on any atom is 0.277 e. The minimum atomic E-state index is -0.687. The SMILES string of the molecule is Nc1nc(SCC(=O)Nc2ccc3c(c2)OCCO3)[nH]c(=O)c1NC(=O)c1ccc(F)cc1. The Morgan fingerprint density at radius 2 is 1.82 bits per heavy atom. The van der Waals surface area contributed by atoms with Gasteiger partial charge in [0.25, 0.3) is 11.5 Å². The molecule has 0 unspecified atom stereocenters. The van der Waals surface area contributed by atoms with Gasteiger partial charge in [0.1, 0.15) is 24.7 Å². The molecule has 10 nitrogen and oxygen atoms in total. The van der Waals surface area contributed by atoms with Crippen LogP contribution in [-0.2, 0) is 4.79 Å². The van der Waals surface area contributed by atoms with Crippen LogP contribution in [0.5, 0.6) is 11.5 Å². The van der Waals surface area contributed by atoms with Gasteiger partial charge in [-0.3, -0.25) is 19.4 Å². The first-order valence-electron chi connectivity index (χ1n) is 9.68. The Morgan fingerprint density at radius 3 is 2.55 bits per heavy atom. The number of aromatic amines is 1. The number of carbonyl (C=O) groups is 2. The number of hydrogen-bond donors (Lipinski definition) is 4. The number of ether oxygens (including phenoxy) is 2. The summed E-state index contributed by atoms with van der Waals surface area (Å²) in [4.78, 5) is 43.4. The molecule has 0 saturated heterocycles. The Morgan fingerprint density at radius 1 is 1.09 bits per heavy atom. The minimum absolute atomic E-state index is 0.0574. The second kappa shape index (κ2) is 9.61. The van der Waals surface area contributed by atoms with Crippen LogP contribution in [0.3, 0.4) is 0 Å². The van der Waals surface area contributed by atoms with E-state index >= 15 is 0 Å². The summed E-state index contributed by atoms with van der Waals surface area (Å²) in [5.74, 6) is -0.604. The molecular weight excluding hydrogens is 453 g/mol. The number of fused-ring (bicyclic) bond motifs is 1. The van der Waals surface area contributed by atoms with E-state index in [2.05, 4.69) is 20.6 Å². The van der Waals surface area contributed by atoms with Gasteiger partial charge in [0.15, 0.2) is 22.5 Å². The summed E-state index contributed by atoms with van der Waals surface area (Å²) in [6.45, 7) is 0.902. The second-order valence-corrected chi connectivity index (χ2v) is 7.75. The van der Waals surface area contributed by atoms with Gasteiger partial charge in [-0.05, 0) is 36.4 Å². The Bertz CT molecular complexity index is 1260. The lowest BCUT2D eigenvalue weighted by Crippen LogP contribution is -2.23. The summed E-state index contributed by atoms with van der Waals surface area (Å²) >= 11 is 0.961. The average Bonchev–Trinajstić information content (AvgIpc) is 2.80. The zero-order valence-electron chi connectivity index (χ0n) is 17.0. The summed E-state index contributed by atoms with van der Waals surface area (Å²) in [6, 6.07) is 9.84. The molecular formula is C21H18FN5O5S. The average molecular weight is 471 g/mol. The summed E-state index contributed by atoms with van der Waals surface area (Å²) in [5, 5.41) is 5.19. The van der Waals surface area contributed by atoms with Gasteiger partial charge in [-0.15, -0.1) is 0 Å². The number of H-pyrrole nitrogens is 1. The number of rotatable bonds is 6. The van der Waals surface area contributed by atoms with Crippen LogP contribution in [0.4, 0.5) is 21.6 Å². The molecule has 4 rings (SSSR count). The van der Waals surface area contributed by atoms with Crippen LogP contribution < -0.4 is 31.4 Å². The smallest absolute Gasteiger partial charge is 0.277 e. The zero-order chi connectivity index (χ0) is 23.4. The number of nitrogens with one attached hydrogen (secondary N) is 3. The number of thioether (sulfide) groups is 1. The molecule has 0 radical (unpaired) electrons. The van der Waals surface area contributed by atoms with Gasteiger partial charge in [-0.1, -0.05) is 11.8 Å². The van der Waals surface area contributed by atoms with E-state index in [4.69, 9.17) is 15.2 Å². The Hall–Kier alpha value is -4.06. The number of carbonyl (C=O) groups excluding carboxylic acids is 2. The Labute approximate surface area is 190 Å². The van der Waals surface area contributed by atoms with E-state index < -0.39 is 17.3 Å². The van der Waals surface area contributed by atoms with E-state index in [-0.39, 0.29) is 33.9 Å². The molecule has 2 amide bonds. The molecule has 5 N–H and O–H groups in total. The lowest BCUT2D eigenvalue weighted by atomic mass is 10.2. The van der Waals surface area contributed by atoms with Crippen LogP contribution >= 0.6 is 11.8 Å². The standard InChI is InChI=1S/C21H18FN5O5S/c22-12-3-1-11(2-4-12)19(29)25-17-18(23)26-21(27-20(17)30)33-10-16(28)24-13-5-6-14-15(9-13)32-8-7-31-14/h1-6,9H,7-8,10H2,(H,24,28)(H,25,29)(H3,23,26,27,30). The van der Waals surface area contributed by atoms with Crippen molar-refractivity contribution in [3.8, 4) is 11.5 Å². The lowest BCUT2D eigenvalue weighted by Gasteiger charge is -2.19. The highest BCUT2D eigenvalue weighted by Gasteiger charge is 2.16. The molecule has 12 heteroatoms. The third kappa shape index (κ3) is 5.41. The summed E-state index contributed by atoms with van der Waals surface area (Å²) in [6.07, 6.45) is 0. The number of benzene rings is 2. The number of aromatic nitrogens is 2. The number of nitrogens with two attached hydrogens (primary N) is 1. The van der Waals surface area contributed by atoms with Crippen molar-refractivity contribution in [1.29, 1.82) is 0 Å². The molecule has 1 aliphatic heterocycles. The summed E-state index contributed by atoms with van der Waals surface area (Å²) in [5.41, 5.74) is 5.57. The quantitative estimate of drug-likeness (QED) is 0.316. The van der Waals surface area contributed by atoms with Crippen LogP contribution in [-0.4, -0.2) is 40.7 Å². The molecule has 170 valence electrons. The van der Waals surface area contributed by atoms with E-state index in [0.29, 0.717) is 30.4 Å². The molecule has 2 aromatic carbocycles. The van der Waals surface area contributed by atoms with Gasteiger partial charge in [0.05, 0.1) is 5.75 Å². The first kappa shape index (κ1) is 22.1. The molecule has 0 saturated carbocycles. The molecule has 0 atom stereocenters. The predicted molar refractivity (Wildman–Crippen MR) is 120 cm³/mol. The second-order valence-electron chi connectivity index (χ2n) is 6.79. The first-order chi connectivity index (χ1) is 15.9. The zero-order valence-corrected chi connectivity index (χ0v) is 17.8. The molecule has 33 heavy (non-hydrogen) atoms. The third-order valence-electron chi connectivity index (χ3n) is 4.44. The van der Waals surface area contributed by atoms with Gasteiger partial charge in [-0.2, -0.15) is 0 Å². The monoisotopic (exact) mass is 471 g/mol. The first-order valence-corrected chi connectivity index (χ1v) is 10.7. The fraction of sp³-hybridized carbons (Fsp3) is 0.143. The van der Waals surface area contributed by atoms with E-state index in [0.717, 1.165) is 23.9 Å². The highest BCUT2D eigenvalue weighted by molar-refractivity contribution is 7.99. The maximum atomic E-state index is 13.0. The highest BCUT2D eigenvalue weighted by Crippen LogP contribution is 2.32. The van der Waals surface area contributed by atoms with Gasteiger partial charge >= 0.3 is 0 Å². The fourth-order valence-electron chi connectivity index (χ4n) is 2.90. The molecule has 0 bridgehead atoms. The lowest BCUT2D eigenvalue weighted by molar-refractivity contribution is -0.113. The van der Waals surface area contributed by atoms with Gasteiger partial charge in [0.2, 0.25) is 5.91 Å². The van der Waals surface area contributed by atoms with Gasteiger partial charge < -0.3 is 25.8 Å². The van der Waals surface area contributed by atoms with Gasteiger partial charge in [0, 0.05) is 17.3 Å². The Kier molecular flexibility index (Phi) is 6.45. The van der Waals surface area contributed by atoms with Crippen LogP contribution in [0, 0.1) is 5.82 Å². The number of halogens is 1. The van der Waals surface area contributed by atoms with E-state index in [9.17, 15) is 18.8 Å². The minimum Gasteiger partial charge on any atom is -0.486 e. The number of amides is 2. The summed E-state index contributed by atoms with van der Waals surface area (Å²) < 4.78 is 23.9. The molecule has 0 fully saturated rings. The van der Waals surface area contributed by atoms with Crippen LogP contribution in [0.1, 0.15) is 10.4 Å². The Balaban J connectivity index is 1.37. The van der Waals surface area contributed by atoms with Crippen molar-refractivity contribution in [3.05, 3.63) is 64.2 Å². The highest BCUT2D eigenvalue weighted by atomic mass is 32.2. The van der Waals surface area contributed by atoms with Crippen molar-refractivity contribution >= 4 is 40.8 Å². The molecule has 1 aliphatic rings. The normalized spacial score (nSPS) is 12.2. The van der Waals surface area contributed by atoms with Crippen molar-refractivity contribution in [1.82, 2.24) is 9.97 Å². The van der Waals surface area contributed by atoms with Crippen LogP contribution in [0.2, 0.25) is 0 Å². The number of hydrogen-bond acceptors (Lipinski definition) is 8. The molecule has 2 heterocycles. The van der Waals surface area contributed by atoms with Gasteiger partial charge in [-0.25, -0.2) is 9.37 Å². The van der Waals surface area contributed by atoms with Crippen molar-refractivity contribution in [3.63, 3.8) is 0 Å². The number of anilines is 3. The third-order valence-corrected chi connectivity index (χ3v) is 5.31. The van der Waals surface area contributed by atoms with Crippen LogP contribution in [0.15, 0.2) is 52.4 Å². The van der Waals surface area contributed by atoms with Crippen LogP contribution in [0.25, 0.3) is 0 Å². The van der Waals surface area contributed by atoms with Crippen molar-refractivity contribution in [2.75, 3.05) is 35.3 Å². The topological polar surface area (TPSA) is 148 Å². The number of nitrogens with zero attached hydrogens (tertiary/aromatic N) is 1. The van der Waals surface area contributed by atoms with E-state index in [1.165, 1.54) is 12.1 Å². The van der Waals surface area contributed by atoms with E-state index in [1.807, 2.05) is 0 Å². The van der Waals surface area contributed by atoms with Crippen molar-refractivity contribution in [2.24, 2.45) is 0 Å². The number of nitrogen functional groups attached to an aromatic ring is 1. The van der Waals surface area contributed by atoms with E-state index in [1.54, 1.807) is 18.2 Å². The maximum absolute atomic E-state index is 13.0. The van der Waals surface area contributed by atoms with Crippen molar-refractivity contribution < 1.29 is 23.5 Å². The summed E-state index contributed by atoms with van der Waals surface area (Å²) in [7, 11) is 0. The fourth-order valence-corrected chi connectivity index (χ4v) is 3.57. The predicted octanol–water partition coefficient (Wildman–Crippen LogP) is 2.25. The largest absolute Gasteiger partial charge is 0.486 e. The molecule has 3 aromatic rings. The molecule has 0 spiro atoms. The van der Waals surface area contributed by atoms with Crippen molar-refractivity contribution in [2.45, 2.75) is 5.16 Å². The molecule has 0 aliphatic carbocycles.